The number of nitrogens with zero attached hydrogens (tertiary/aromatic N) is 1. The summed E-state index contributed by atoms with van der Waals surface area (Å²) in [6.07, 6.45) is 0.366. The Morgan fingerprint density at radius 2 is 1.91 bits per heavy atom. The second kappa shape index (κ2) is 5.35. The Labute approximate surface area is 128 Å². The summed E-state index contributed by atoms with van der Waals surface area (Å²) in [6.45, 7) is 4.40. The number of alkyl halides is 2. The number of ether oxygens (including phenoxy) is 1. The normalized spacial score (nSPS) is 31.3. The standard InChI is InChI=1S/C15H23F2NO4/c1-13(2,3)22-12(21)18-8-10-6-4-5-7-14(9-18,11(19)20)15(10,16)17/h10H,4-9H2,1-3H3,(H,19,20). The first-order valence-electron chi connectivity index (χ1n) is 7.59. The van der Waals surface area contributed by atoms with Gasteiger partial charge in [0, 0.05) is 19.0 Å². The Morgan fingerprint density at radius 1 is 1.27 bits per heavy atom. The highest BCUT2D eigenvalue weighted by molar-refractivity contribution is 5.78. The Kier molecular flexibility index (Phi) is 4.13. The lowest BCUT2D eigenvalue weighted by atomic mass is 9.70. The molecule has 0 aromatic carbocycles. The molecule has 2 unspecified atom stereocenters. The summed E-state index contributed by atoms with van der Waals surface area (Å²) in [5.41, 5.74) is -2.96. The zero-order valence-corrected chi connectivity index (χ0v) is 13.2. The maximum Gasteiger partial charge on any atom is 0.410 e. The fourth-order valence-electron chi connectivity index (χ4n) is 3.39. The zero-order valence-electron chi connectivity index (χ0n) is 13.2. The highest BCUT2D eigenvalue weighted by Gasteiger charge is 2.67. The van der Waals surface area contributed by atoms with Gasteiger partial charge in [0.05, 0.1) is 0 Å². The molecule has 1 heterocycles. The van der Waals surface area contributed by atoms with Crippen molar-refractivity contribution in [2.45, 2.75) is 58.0 Å². The summed E-state index contributed by atoms with van der Waals surface area (Å²) in [4.78, 5) is 25.0. The molecule has 1 aliphatic carbocycles. The van der Waals surface area contributed by atoms with Crippen LogP contribution in [0.5, 0.6) is 0 Å². The van der Waals surface area contributed by atoms with Crippen LogP contribution in [0.4, 0.5) is 13.6 Å². The summed E-state index contributed by atoms with van der Waals surface area (Å²) < 4.78 is 34.6. The number of piperidine rings is 1. The molecule has 7 heteroatoms. The Bertz CT molecular complexity index is 475. The quantitative estimate of drug-likeness (QED) is 0.806. The fourth-order valence-corrected chi connectivity index (χ4v) is 3.39. The van der Waals surface area contributed by atoms with Crippen LogP contribution in [-0.4, -0.2) is 46.7 Å². The van der Waals surface area contributed by atoms with Crippen molar-refractivity contribution in [2.75, 3.05) is 13.1 Å². The second-order valence-electron chi connectivity index (χ2n) is 7.31. The average molecular weight is 319 g/mol. The number of hydrogen-bond acceptors (Lipinski definition) is 3. The highest BCUT2D eigenvalue weighted by atomic mass is 19.3. The van der Waals surface area contributed by atoms with Gasteiger partial charge < -0.3 is 14.7 Å². The topological polar surface area (TPSA) is 66.8 Å². The molecular weight excluding hydrogens is 296 g/mol. The first kappa shape index (κ1) is 17.0. The number of hydrogen-bond donors (Lipinski definition) is 1. The van der Waals surface area contributed by atoms with E-state index in [4.69, 9.17) is 4.74 Å². The molecule has 2 rings (SSSR count). The van der Waals surface area contributed by atoms with Crippen LogP contribution in [-0.2, 0) is 9.53 Å². The van der Waals surface area contributed by atoms with Gasteiger partial charge in [0.1, 0.15) is 11.0 Å². The summed E-state index contributed by atoms with van der Waals surface area (Å²) >= 11 is 0. The molecule has 1 amide bonds. The number of aliphatic carboxylic acids is 1. The second-order valence-corrected chi connectivity index (χ2v) is 7.31. The first-order chi connectivity index (χ1) is 9.99. The molecular formula is C15H23F2NO4. The van der Waals surface area contributed by atoms with Gasteiger partial charge in [-0.2, -0.15) is 0 Å². The van der Waals surface area contributed by atoms with E-state index in [1.807, 2.05) is 0 Å². The van der Waals surface area contributed by atoms with Crippen LogP contribution in [0.2, 0.25) is 0 Å². The van der Waals surface area contributed by atoms with Crippen molar-refractivity contribution < 1.29 is 28.2 Å². The lowest BCUT2D eigenvalue weighted by Gasteiger charge is -2.48. The molecule has 1 N–H and O–H groups in total. The van der Waals surface area contributed by atoms with Gasteiger partial charge in [0.2, 0.25) is 0 Å². The molecule has 1 saturated heterocycles. The molecule has 22 heavy (non-hydrogen) atoms. The third kappa shape index (κ3) is 2.77. The molecule has 1 aliphatic heterocycles. The lowest BCUT2D eigenvalue weighted by molar-refractivity contribution is -0.214. The van der Waals surface area contributed by atoms with Crippen molar-refractivity contribution in [1.82, 2.24) is 4.90 Å². The summed E-state index contributed by atoms with van der Waals surface area (Å²) in [5, 5.41) is 9.47. The monoisotopic (exact) mass is 319 g/mol. The first-order valence-corrected chi connectivity index (χ1v) is 7.59. The van der Waals surface area contributed by atoms with Crippen LogP contribution < -0.4 is 0 Å². The third-order valence-electron chi connectivity index (χ3n) is 4.52. The molecule has 2 bridgehead atoms. The number of carboxylic acids is 1. The molecule has 0 spiro atoms. The van der Waals surface area contributed by atoms with Gasteiger partial charge in [-0.25, -0.2) is 13.6 Å². The molecule has 126 valence electrons. The van der Waals surface area contributed by atoms with E-state index in [-0.39, 0.29) is 19.4 Å². The van der Waals surface area contributed by atoms with Gasteiger partial charge >= 0.3 is 12.1 Å². The largest absolute Gasteiger partial charge is 0.481 e. The molecule has 0 radical (unpaired) electrons. The van der Waals surface area contributed by atoms with Gasteiger partial charge in [-0.1, -0.05) is 12.8 Å². The minimum atomic E-state index is -3.31. The van der Waals surface area contributed by atoms with E-state index in [9.17, 15) is 23.5 Å². The molecule has 1 saturated carbocycles. The number of fused-ring (bicyclic) bond motifs is 2. The van der Waals surface area contributed by atoms with E-state index >= 15 is 0 Å². The zero-order chi connectivity index (χ0) is 16.8. The van der Waals surface area contributed by atoms with Crippen LogP contribution in [0.25, 0.3) is 0 Å². The minimum absolute atomic E-state index is 0.120. The fraction of sp³-hybridized carbons (Fsp3) is 0.867. The third-order valence-corrected chi connectivity index (χ3v) is 4.52. The Morgan fingerprint density at radius 3 is 2.45 bits per heavy atom. The number of carboxylic acid groups (broad SMARTS) is 1. The number of carbonyl (C=O) groups is 2. The maximum absolute atomic E-state index is 14.7. The average Bonchev–Trinajstić information content (AvgIpc) is 2.44. The van der Waals surface area contributed by atoms with Crippen molar-refractivity contribution in [3.05, 3.63) is 0 Å². The number of carbonyl (C=O) groups excluding carboxylic acids is 1. The number of rotatable bonds is 1. The predicted octanol–water partition coefficient (Wildman–Crippen LogP) is 3.13. The van der Waals surface area contributed by atoms with Crippen molar-refractivity contribution in [3.63, 3.8) is 0 Å². The van der Waals surface area contributed by atoms with E-state index in [0.29, 0.717) is 12.8 Å². The van der Waals surface area contributed by atoms with Crippen LogP contribution >= 0.6 is 0 Å². The van der Waals surface area contributed by atoms with Crippen LogP contribution in [0.1, 0.15) is 46.5 Å². The SMILES string of the molecule is CC(C)(C)OC(=O)N1CC2CCCCC(C(=O)O)(C1)C2(F)F. The van der Waals surface area contributed by atoms with Crippen molar-refractivity contribution >= 4 is 12.1 Å². The molecule has 2 fully saturated rings. The number of amides is 1. The molecule has 0 aromatic rings. The van der Waals surface area contributed by atoms with Gasteiger partial charge in [-0.15, -0.1) is 0 Å². The molecule has 2 atom stereocenters. The van der Waals surface area contributed by atoms with Crippen molar-refractivity contribution in [2.24, 2.45) is 11.3 Å². The van der Waals surface area contributed by atoms with Crippen molar-refractivity contribution in [1.29, 1.82) is 0 Å². The van der Waals surface area contributed by atoms with Crippen LogP contribution in [0.3, 0.4) is 0 Å². The Balaban J connectivity index is 2.33. The Hall–Kier alpha value is -1.40. The summed E-state index contributed by atoms with van der Waals surface area (Å²) in [6, 6.07) is 0. The number of likely N-dealkylation sites (tertiary alicyclic amines) is 1. The molecule has 2 aliphatic rings. The van der Waals surface area contributed by atoms with Gasteiger partial charge in [0.25, 0.3) is 5.92 Å². The maximum atomic E-state index is 14.7. The lowest BCUT2D eigenvalue weighted by Crippen LogP contribution is -2.64. The smallest absolute Gasteiger partial charge is 0.410 e. The minimum Gasteiger partial charge on any atom is -0.481 e. The summed E-state index contributed by atoms with van der Waals surface area (Å²) in [5.74, 6) is -5.97. The van der Waals surface area contributed by atoms with E-state index < -0.39 is 41.5 Å². The van der Waals surface area contributed by atoms with Gasteiger partial charge in [-0.05, 0) is 33.6 Å². The van der Waals surface area contributed by atoms with Crippen molar-refractivity contribution in [3.8, 4) is 0 Å². The molecule has 0 aromatic heterocycles. The van der Waals surface area contributed by atoms with Gasteiger partial charge in [-0.3, -0.25) is 4.79 Å². The van der Waals surface area contributed by atoms with E-state index in [0.717, 1.165) is 4.90 Å². The summed E-state index contributed by atoms with van der Waals surface area (Å²) in [7, 11) is 0. The predicted molar refractivity (Wildman–Crippen MR) is 74.8 cm³/mol. The molecule has 5 nitrogen and oxygen atoms in total. The highest BCUT2D eigenvalue weighted by Crippen LogP contribution is 2.53. The van der Waals surface area contributed by atoms with Gasteiger partial charge in [0.15, 0.2) is 0 Å². The van der Waals surface area contributed by atoms with E-state index in [2.05, 4.69) is 0 Å². The van der Waals surface area contributed by atoms with Crippen LogP contribution in [0.15, 0.2) is 0 Å². The van der Waals surface area contributed by atoms with E-state index in [1.165, 1.54) is 0 Å². The van der Waals surface area contributed by atoms with Crippen LogP contribution in [0, 0.1) is 11.3 Å². The van der Waals surface area contributed by atoms with E-state index in [1.54, 1.807) is 20.8 Å². The number of halogens is 2.